The van der Waals surface area contributed by atoms with Gasteiger partial charge in [-0.15, -0.1) is 0 Å². The number of ether oxygens (including phenoxy) is 1. The Bertz CT molecular complexity index is 343. The second-order valence-electron chi connectivity index (χ2n) is 4.04. The zero-order valence-corrected chi connectivity index (χ0v) is 11.8. The molecule has 7 heteroatoms. The SMILES string of the molecule is CCOP(=O)(OCC)ON/C(C)=C1\OC1(C)C. The third-order valence-corrected chi connectivity index (χ3v) is 3.55. The summed E-state index contributed by atoms with van der Waals surface area (Å²) in [6.45, 7) is 9.55. The molecule has 0 aromatic carbocycles. The molecule has 1 aliphatic heterocycles. The lowest BCUT2D eigenvalue weighted by Gasteiger charge is -2.16. The molecule has 0 unspecified atom stereocenters. The van der Waals surface area contributed by atoms with E-state index in [0.29, 0.717) is 5.70 Å². The average Bonchev–Trinajstić information content (AvgIpc) is 2.85. The number of epoxide rings is 1. The molecule has 1 fully saturated rings. The maximum absolute atomic E-state index is 11.9. The van der Waals surface area contributed by atoms with Gasteiger partial charge in [-0.1, -0.05) is 0 Å². The monoisotopic (exact) mass is 265 g/mol. The van der Waals surface area contributed by atoms with Crippen molar-refractivity contribution in [2.45, 2.75) is 40.2 Å². The molecule has 100 valence electrons. The van der Waals surface area contributed by atoms with Gasteiger partial charge < -0.3 is 4.74 Å². The number of allylic oxidation sites excluding steroid dienone is 1. The fourth-order valence-corrected chi connectivity index (χ4v) is 2.40. The predicted octanol–water partition coefficient (Wildman–Crippen LogP) is 2.73. The molecule has 0 spiro atoms. The molecule has 1 saturated heterocycles. The number of hydrogen-bond acceptors (Lipinski definition) is 6. The highest BCUT2D eigenvalue weighted by molar-refractivity contribution is 7.48. The predicted molar refractivity (Wildman–Crippen MR) is 62.9 cm³/mol. The molecule has 17 heavy (non-hydrogen) atoms. The van der Waals surface area contributed by atoms with Crippen LogP contribution in [-0.2, 0) is 23.0 Å². The van der Waals surface area contributed by atoms with Gasteiger partial charge in [-0.3, -0.25) is 14.5 Å². The highest BCUT2D eigenvalue weighted by Gasteiger charge is 2.45. The minimum Gasteiger partial charge on any atom is -0.478 e. The van der Waals surface area contributed by atoms with Gasteiger partial charge in [0.2, 0.25) is 0 Å². The molecule has 1 rings (SSSR count). The minimum absolute atomic E-state index is 0.247. The van der Waals surface area contributed by atoms with Crippen molar-refractivity contribution in [2.75, 3.05) is 13.2 Å². The van der Waals surface area contributed by atoms with E-state index in [0.717, 1.165) is 5.76 Å². The van der Waals surface area contributed by atoms with E-state index in [-0.39, 0.29) is 18.8 Å². The maximum Gasteiger partial charge on any atom is 0.496 e. The zero-order valence-electron chi connectivity index (χ0n) is 10.9. The van der Waals surface area contributed by atoms with E-state index in [1.165, 1.54) is 0 Å². The van der Waals surface area contributed by atoms with Crippen molar-refractivity contribution in [3.63, 3.8) is 0 Å². The topological polar surface area (TPSA) is 69.3 Å². The summed E-state index contributed by atoms with van der Waals surface area (Å²) in [6.07, 6.45) is 0. The summed E-state index contributed by atoms with van der Waals surface area (Å²) in [5.74, 6) is 0.775. The number of hydrogen-bond donors (Lipinski definition) is 1. The van der Waals surface area contributed by atoms with Crippen LogP contribution in [0.15, 0.2) is 11.5 Å². The average molecular weight is 265 g/mol. The van der Waals surface area contributed by atoms with Gasteiger partial charge in [0.05, 0.1) is 18.9 Å². The first-order valence-electron chi connectivity index (χ1n) is 5.58. The minimum atomic E-state index is -3.53. The summed E-state index contributed by atoms with van der Waals surface area (Å²) in [5.41, 5.74) is 2.94. The molecule has 1 aliphatic rings. The van der Waals surface area contributed by atoms with Gasteiger partial charge in [0.15, 0.2) is 11.4 Å². The van der Waals surface area contributed by atoms with Crippen LogP contribution in [0, 0.1) is 0 Å². The van der Waals surface area contributed by atoms with Crippen LogP contribution in [0.25, 0.3) is 0 Å². The smallest absolute Gasteiger partial charge is 0.478 e. The standard InChI is InChI=1S/C10H20NO5P/c1-6-13-17(12,14-7-2)16-11-8(3)9-10(4,5)15-9/h11H,6-7H2,1-5H3/b9-8-. The van der Waals surface area contributed by atoms with Crippen LogP contribution in [0.1, 0.15) is 34.6 Å². The van der Waals surface area contributed by atoms with Gasteiger partial charge in [0.25, 0.3) is 0 Å². The van der Waals surface area contributed by atoms with Gasteiger partial charge in [-0.25, -0.2) is 4.57 Å². The van der Waals surface area contributed by atoms with E-state index in [2.05, 4.69) is 5.48 Å². The summed E-state index contributed by atoms with van der Waals surface area (Å²) in [5, 5.41) is 0. The van der Waals surface area contributed by atoms with E-state index in [1.807, 2.05) is 13.8 Å². The van der Waals surface area contributed by atoms with E-state index in [1.54, 1.807) is 20.8 Å². The van der Waals surface area contributed by atoms with E-state index in [4.69, 9.17) is 18.4 Å². The zero-order chi connectivity index (χ0) is 13.1. The molecule has 0 atom stereocenters. The van der Waals surface area contributed by atoms with Crippen LogP contribution in [0.3, 0.4) is 0 Å². The van der Waals surface area contributed by atoms with Gasteiger partial charge >= 0.3 is 7.82 Å². The fourth-order valence-electron chi connectivity index (χ4n) is 1.33. The summed E-state index contributed by atoms with van der Waals surface area (Å²) in [7, 11) is -3.53. The normalized spacial score (nSPS) is 20.8. The number of phosphoric acid groups is 1. The quantitative estimate of drug-likeness (QED) is 0.433. The van der Waals surface area contributed by atoms with Crippen molar-refractivity contribution < 1.29 is 23.0 Å². The molecule has 0 bridgehead atoms. The lowest BCUT2D eigenvalue weighted by atomic mass is 10.2. The third kappa shape index (κ3) is 4.00. The van der Waals surface area contributed by atoms with Crippen molar-refractivity contribution in [3.8, 4) is 0 Å². The van der Waals surface area contributed by atoms with Crippen molar-refractivity contribution >= 4 is 7.82 Å². The van der Waals surface area contributed by atoms with Gasteiger partial charge in [-0.2, -0.15) is 4.62 Å². The first-order valence-corrected chi connectivity index (χ1v) is 7.04. The molecular weight excluding hydrogens is 245 g/mol. The second-order valence-corrected chi connectivity index (χ2v) is 5.64. The van der Waals surface area contributed by atoms with E-state index >= 15 is 0 Å². The first kappa shape index (κ1) is 14.5. The van der Waals surface area contributed by atoms with Crippen molar-refractivity contribution in [1.29, 1.82) is 0 Å². The van der Waals surface area contributed by atoms with Crippen LogP contribution in [0.2, 0.25) is 0 Å². The molecule has 6 nitrogen and oxygen atoms in total. The van der Waals surface area contributed by atoms with E-state index in [9.17, 15) is 4.57 Å². The molecule has 1 N–H and O–H groups in total. The molecule has 0 aromatic heterocycles. The third-order valence-electron chi connectivity index (χ3n) is 2.09. The lowest BCUT2D eigenvalue weighted by Crippen LogP contribution is -2.14. The van der Waals surface area contributed by atoms with Crippen molar-refractivity contribution in [1.82, 2.24) is 5.48 Å². The molecule has 0 aromatic rings. The van der Waals surface area contributed by atoms with Crippen LogP contribution in [-0.4, -0.2) is 18.8 Å². The molecular formula is C10H20NO5P. The van der Waals surface area contributed by atoms with Crippen LogP contribution < -0.4 is 5.48 Å². The van der Waals surface area contributed by atoms with Gasteiger partial charge in [0.1, 0.15) is 0 Å². The van der Waals surface area contributed by atoms with Crippen LogP contribution in [0.4, 0.5) is 0 Å². The number of phosphoric ester groups is 1. The van der Waals surface area contributed by atoms with Crippen molar-refractivity contribution in [2.24, 2.45) is 0 Å². The second kappa shape index (κ2) is 5.40. The largest absolute Gasteiger partial charge is 0.496 e. The Labute approximate surface area is 102 Å². The Hall–Kier alpha value is -0.550. The summed E-state index contributed by atoms with van der Waals surface area (Å²) >= 11 is 0. The van der Waals surface area contributed by atoms with Gasteiger partial charge in [0, 0.05) is 0 Å². The molecule has 0 amide bonds. The lowest BCUT2D eigenvalue weighted by molar-refractivity contribution is 0.0889. The van der Waals surface area contributed by atoms with Crippen molar-refractivity contribution in [3.05, 3.63) is 11.5 Å². The summed E-state index contributed by atoms with van der Waals surface area (Å²) in [6, 6.07) is 0. The first-order chi connectivity index (χ1) is 7.84. The number of hydroxylamine groups is 1. The number of nitrogens with one attached hydrogen (secondary N) is 1. The Morgan fingerprint density at radius 3 is 2.18 bits per heavy atom. The molecule has 0 saturated carbocycles. The fraction of sp³-hybridized carbons (Fsp3) is 0.800. The molecule has 1 heterocycles. The Balaban J connectivity index is 2.54. The molecule has 0 radical (unpaired) electrons. The van der Waals surface area contributed by atoms with Gasteiger partial charge in [-0.05, 0) is 34.6 Å². The maximum atomic E-state index is 11.9. The number of rotatable bonds is 7. The highest BCUT2D eigenvalue weighted by Crippen LogP contribution is 2.49. The Kier molecular flexibility index (Phi) is 4.61. The van der Waals surface area contributed by atoms with Crippen LogP contribution in [0.5, 0.6) is 0 Å². The molecule has 0 aliphatic carbocycles. The summed E-state index contributed by atoms with van der Waals surface area (Å²) in [4.78, 5) is 0. The van der Waals surface area contributed by atoms with E-state index < -0.39 is 7.82 Å². The Morgan fingerprint density at radius 1 is 1.35 bits per heavy atom. The summed E-state index contributed by atoms with van der Waals surface area (Å²) < 4.78 is 32.2. The van der Waals surface area contributed by atoms with Crippen LogP contribution >= 0.6 is 7.82 Å². The Morgan fingerprint density at radius 2 is 1.82 bits per heavy atom. The highest BCUT2D eigenvalue weighted by atomic mass is 31.2.